The van der Waals surface area contributed by atoms with E-state index in [4.69, 9.17) is 10.5 Å². The summed E-state index contributed by atoms with van der Waals surface area (Å²) in [6, 6.07) is 2.86. The first-order valence-electron chi connectivity index (χ1n) is 7.09. The van der Waals surface area contributed by atoms with Crippen LogP contribution in [-0.2, 0) is 4.74 Å². The Balaban J connectivity index is 1.83. The minimum Gasteiger partial charge on any atom is -0.377 e. The van der Waals surface area contributed by atoms with Crippen molar-refractivity contribution in [1.29, 1.82) is 5.26 Å². The number of rotatable bonds is 4. The molecule has 1 aliphatic carbocycles. The van der Waals surface area contributed by atoms with Gasteiger partial charge in [-0.3, -0.25) is 0 Å². The third-order valence-corrected chi connectivity index (χ3v) is 4.81. The molecule has 4 atom stereocenters. The fourth-order valence-corrected chi connectivity index (χ4v) is 3.48. The monoisotopic (exact) mass is 251 g/mol. The molecule has 102 valence electrons. The van der Waals surface area contributed by atoms with Crippen molar-refractivity contribution in [2.24, 2.45) is 11.7 Å². The third kappa shape index (κ3) is 2.69. The van der Waals surface area contributed by atoms with Crippen molar-refractivity contribution in [3.63, 3.8) is 0 Å². The summed E-state index contributed by atoms with van der Waals surface area (Å²) >= 11 is 0. The van der Waals surface area contributed by atoms with E-state index in [1.54, 1.807) is 0 Å². The van der Waals surface area contributed by atoms with Crippen LogP contribution in [0.3, 0.4) is 0 Å². The predicted octanol–water partition coefficient (Wildman–Crippen LogP) is 1.51. The number of hydrogen-bond donors (Lipinski definition) is 1. The molecule has 2 fully saturated rings. The van der Waals surface area contributed by atoms with Gasteiger partial charge in [0, 0.05) is 12.6 Å². The fraction of sp³-hybridized carbons (Fsp3) is 0.929. The van der Waals surface area contributed by atoms with Crippen LogP contribution in [0.2, 0.25) is 0 Å². The van der Waals surface area contributed by atoms with Crippen LogP contribution < -0.4 is 5.73 Å². The molecule has 1 aliphatic heterocycles. The number of likely N-dealkylation sites (N-methyl/N-ethyl adjacent to an activating group) is 1. The average Bonchev–Trinajstić information content (AvgIpc) is 2.93. The molecule has 0 bridgehead atoms. The normalized spacial score (nSPS) is 40.3. The molecular formula is C14H25N3O. The number of hydrogen-bond acceptors (Lipinski definition) is 4. The summed E-state index contributed by atoms with van der Waals surface area (Å²) in [5, 5.41) is 9.21. The first-order chi connectivity index (χ1) is 8.57. The molecule has 0 spiro atoms. The molecule has 18 heavy (non-hydrogen) atoms. The van der Waals surface area contributed by atoms with E-state index in [9.17, 15) is 5.26 Å². The molecule has 4 nitrogen and oxygen atoms in total. The van der Waals surface area contributed by atoms with Crippen LogP contribution in [0.15, 0.2) is 0 Å². The minimum absolute atomic E-state index is 0.331. The Morgan fingerprint density at radius 2 is 2.28 bits per heavy atom. The molecule has 0 amide bonds. The molecule has 1 heterocycles. The topological polar surface area (TPSA) is 62.3 Å². The maximum absolute atomic E-state index is 9.21. The number of ether oxygens (including phenoxy) is 1. The molecule has 1 saturated heterocycles. The molecule has 0 aromatic carbocycles. The second-order valence-corrected chi connectivity index (χ2v) is 5.94. The van der Waals surface area contributed by atoms with Crippen molar-refractivity contribution >= 4 is 0 Å². The van der Waals surface area contributed by atoms with Crippen molar-refractivity contribution in [2.75, 3.05) is 20.2 Å². The van der Waals surface area contributed by atoms with Gasteiger partial charge in [0.1, 0.15) is 5.54 Å². The van der Waals surface area contributed by atoms with E-state index >= 15 is 0 Å². The van der Waals surface area contributed by atoms with Gasteiger partial charge in [-0.25, -0.2) is 0 Å². The number of nitrogens with two attached hydrogens (primary N) is 1. The quantitative estimate of drug-likeness (QED) is 0.822. The Labute approximate surface area is 110 Å². The van der Waals surface area contributed by atoms with Crippen molar-refractivity contribution in [3.8, 4) is 6.07 Å². The molecule has 0 radical (unpaired) electrons. The molecular weight excluding hydrogens is 226 g/mol. The highest BCUT2D eigenvalue weighted by molar-refractivity contribution is 5.12. The maximum Gasteiger partial charge on any atom is 0.107 e. The lowest BCUT2D eigenvalue weighted by Gasteiger charge is -2.30. The van der Waals surface area contributed by atoms with Gasteiger partial charge in [0.05, 0.1) is 12.2 Å². The highest BCUT2D eigenvalue weighted by Crippen LogP contribution is 2.35. The van der Waals surface area contributed by atoms with Gasteiger partial charge < -0.3 is 15.4 Å². The molecule has 2 N–H and O–H groups in total. The second-order valence-electron chi connectivity index (χ2n) is 5.94. The van der Waals surface area contributed by atoms with Crippen molar-refractivity contribution in [2.45, 2.75) is 56.7 Å². The molecule has 2 aliphatic rings. The first kappa shape index (κ1) is 13.8. The van der Waals surface area contributed by atoms with Crippen LogP contribution in [-0.4, -0.2) is 42.8 Å². The van der Waals surface area contributed by atoms with Crippen LogP contribution in [0.5, 0.6) is 0 Å². The first-order valence-corrected chi connectivity index (χ1v) is 7.09. The largest absolute Gasteiger partial charge is 0.377 e. The van der Waals surface area contributed by atoms with Gasteiger partial charge in [-0.1, -0.05) is 6.42 Å². The lowest BCUT2D eigenvalue weighted by Crippen LogP contribution is -2.44. The summed E-state index contributed by atoms with van der Waals surface area (Å²) < 4.78 is 5.60. The molecule has 4 unspecified atom stereocenters. The van der Waals surface area contributed by atoms with Gasteiger partial charge in [0.15, 0.2) is 0 Å². The van der Waals surface area contributed by atoms with E-state index in [2.05, 4.69) is 24.9 Å². The molecule has 1 saturated carbocycles. The van der Waals surface area contributed by atoms with Gasteiger partial charge >= 0.3 is 0 Å². The van der Waals surface area contributed by atoms with Crippen LogP contribution in [0.25, 0.3) is 0 Å². The van der Waals surface area contributed by atoms with Crippen LogP contribution >= 0.6 is 0 Å². The fourth-order valence-electron chi connectivity index (χ4n) is 3.48. The number of nitrogens with zero attached hydrogens (tertiary/aromatic N) is 2. The van der Waals surface area contributed by atoms with Crippen molar-refractivity contribution in [3.05, 3.63) is 0 Å². The van der Waals surface area contributed by atoms with E-state index in [1.807, 2.05) is 0 Å². The number of nitriles is 1. The van der Waals surface area contributed by atoms with E-state index in [0.29, 0.717) is 18.1 Å². The van der Waals surface area contributed by atoms with Gasteiger partial charge in [-0.05, 0) is 52.1 Å². The molecule has 0 aromatic heterocycles. The Hall–Kier alpha value is -0.630. The van der Waals surface area contributed by atoms with Crippen LogP contribution in [0.1, 0.15) is 39.0 Å². The average molecular weight is 251 g/mol. The van der Waals surface area contributed by atoms with Crippen molar-refractivity contribution in [1.82, 2.24) is 4.90 Å². The Kier molecular flexibility index (Phi) is 4.26. The van der Waals surface area contributed by atoms with E-state index in [1.165, 1.54) is 0 Å². The summed E-state index contributed by atoms with van der Waals surface area (Å²) in [6.07, 6.45) is 5.55. The SMILES string of the molecule is CC1OCCC1N(C)CCC1CCCC1(N)C#N. The zero-order valence-electron chi connectivity index (χ0n) is 11.6. The summed E-state index contributed by atoms with van der Waals surface area (Å²) in [4.78, 5) is 2.38. The Morgan fingerprint density at radius 1 is 1.50 bits per heavy atom. The molecule has 0 aromatic rings. The Morgan fingerprint density at radius 3 is 2.89 bits per heavy atom. The summed E-state index contributed by atoms with van der Waals surface area (Å²) in [5.41, 5.74) is 5.59. The highest BCUT2D eigenvalue weighted by Gasteiger charge is 2.39. The zero-order valence-corrected chi connectivity index (χ0v) is 11.6. The second kappa shape index (κ2) is 5.56. The lowest BCUT2D eigenvalue weighted by atomic mass is 9.87. The maximum atomic E-state index is 9.21. The van der Waals surface area contributed by atoms with E-state index < -0.39 is 5.54 Å². The lowest BCUT2D eigenvalue weighted by molar-refractivity contribution is 0.0811. The Bertz CT molecular complexity index is 327. The summed E-state index contributed by atoms with van der Waals surface area (Å²) in [7, 11) is 2.16. The van der Waals surface area contributed by atoms with E-state index in [-0.39, 0.29) is 0 Å². The summed E-state index contributed by atoms with van der Waals surface area (Å²) in [6.45, 7) is 4.04. The summed E-state index contributed by atoms with van der Waals surface area (Å²) in [5.74, 6) is 0.363. The van der Waals surface area contributed by atoms with Crippen molar-refractivity contribution < 1.29 is 4.74 Å². The minimum atomic E-state index is -0.571. The van der Waals surface area contributed by atoms with Gasteiger partial charge in [-0.2, -0.15) is 5.26 Å². The van der Waals surface area contributed by atoms with Gasteiger partial charge in [0.25, 0.3) is 0 Å². The molecule has 4 heteroatoms. The third-order valence-electron chi connectivity index (χ3n) is 4.81. The van der Waals surface area contributed by atoms with Gasteiger partial charge in [-0.15, -0.1) is 0 Å². The standard InChI is InChI=1S/C14H25N3O/c1-11-13(6-9-18-11)17(2)8-5-12-4-3-7-14(12,16)10-15/h11-13H,3-9,16H2,1-2H3. The van der Waals surface area contributed by atoms with E-state index in [0.717, 1.165) is 45.3 Å². The van der Waals surface area contributed by atoms with Crippen LogP contribution in [0, 0.1) is 17.2 Å². The van der Waals surface area contributed by atoms with Crippen LogP contribution in [0.4, 0.5) is 0 Å². The van der Waals surface area contributed by atoms with Gasteiger partial charge in [0.2, 0.25) is 0 Å². The smallest absolute Gasteiger partial charge is 0.107 e. The predicted molar refractivity (Wildman–Crippen MR) is 70.9 cm³/mol. The zero-order chi connectivity index (χ0) is 13.2. The molecule has 2 rings (SSSR count). The highest BCUT2D eigenvalue weighted by atomic mass is 16.5.